The summed E-state index contributed by atoms with van der Waals surface area (Å²) in [5.41, 5.74) is 7.20. The predicted octanol–water partition coefficient (Wildman–Crippen LogP) is 1.48. The first-order valence-electron chi connectivity index (χ1n) is 6.11. The molecule has 0 heterocycles. The summed E-state index contributed by atoms with van der Waals surface area (Å²) < 4.78 is 5.20. The Morgan fingerprint density at radius 3 is 2.94 bits per heavy atom. The lowest BCUT2D eigenvalue weighted by Crippen LogP contribution is -2.30. The molecule has 0 aromatic heterocycles. The summed E-state index contributed by atoms with van der Waals surface area (Å²) in [4.78, 5) is 11.5. The SMILES string of the molecule is Cc1cccc(NC(=O)NCCCOCCN)c1. The third-order valence-electron chi connectivity index (χ3n) is 2.29. The van der Waals surface area contributed by atoms with Gasteiger partial charge in [-0.2, -0.15) is 0 Å². The topological polar surface area (TPSA) is 76.4 Å². The number of amides is 2. The molecule has 0 saturated carbocycles. The lowest BCUT2D eigenvalue weighted by atomic mass is 10.2. The molecule has 1 aromatic rings. The molecule has 100 valence electrons. The van der Waals surface area contributed by atoms with E-state index >= 15 is 0 Å². The maximum absolute atomic E-state index is 11.5. The van der Waals surface area contributed by atoms with Crippen LogP contribution in [0.25, 0.3) is 0 Å². The van der Waals surface area contributed by atoms with Crippen molar-refractivity contribution in [2.45, 2.75) is 13.3 Å². The second kappa shape index (κ2) is 8.49. The van der Waals surface area contributed by atoms with Crippen LogP contribution in [0.4, 0.5) is 10.5 Å². The zero-order valence-corrected chi connectivity index (χ0v) is 10.7. The molecule has 18 heavy (non-hydrogen) atoms. The van der Waals surface area contributed by atoms with E-state index < -0.39 is 0 Å². The van der Waals surface area contributed by atoms with Gasteiger partial charge in [-0.25, -0.2) is 4.79 Å². The van der Waals surface area contributed by atoms with Crippen LogP contribution >= 0.6 is 0 Å². The number of nitrogens with two attached hydrogens (primary N) is 1. The van der Waals surface area contributed by atoms with Crippen LogP contribution in [-0.2, 0) is 4.74 Å². The minimum atomic E-state index is -0.195. The number of aryl methyl sites for hydroxylation is 1. The van der Waals surface area contributed by atoms with Gasteiger partial charge in [0.15, 0.2) is 0 Å². The Balaban J connectivity index is 2.14. The normalized spacial score (nSPS) is 10.1. The maximum Gasteiger partial charge on any atom is 0.319 e. The lowest BCUT2D eigenvalue weighted by molar-refractivity contribution is 0.139. The minimum absolute atomic E-state index is 0.195. The molecule has 1 aromatic carbocycles. The molecular weight excluding hydrogens is 230 g/mol. The highest BCUT2D eigenvalue weighted by Gasteiger charge is 2.00. The van der Waals surface area contributed by atoms with Gasteiger partial charge in [-0.3, -0.25) is 0 Å². The van der Waals surface area contributed by atoms with Crippen LogP contribution in [0.2, 0.25) is 0 Å². The van der Waals surface area contributed by atoms with E-state index in [0.29, 0.717) is 26.3 Å². The molecule has 0 aliphatic heterocycles. The third kappa shape index (κ3) is 6.22. The molecule has 0 atom stereocenters. The first kappa shape index (κ1) is 14.5. The largest absolute Gasteiger partial charge is 0.380 e. The van der Waals surface area contributed by atoms with E-state index in [-0.39, 0.29) is 6.03 Å². The molecule has 5 nitrogen and oxygen atoms in total. The van der Waals surface area contributed by atoms with Gasteiger partial charge in [-0.1, -0.05) is 12.1 Å². The highest BCUT2D eigenvalue weighted by Crippen LogP contribution is 2.08. The van der Waals surface area contributed by atoms with Gasteiger partial charge in [-0.05, 0) is 31.0 Å². The quantitative estimate of drug-likeness (QED) is 0.642. The number of hydrogen-bond acceptors (Lipinski definition) is 3. The molecule has 0 aliphatic carbocycles. The number of nitrogens with one attached hydrogen (secondary N) is 2. The van der Waals surface area contributed by atoms with E-state index in [1.807, 2.05) is 31.2 Å². The molecule has 0 bridgehead atoms. The Morgan fingerprint density at radius 1 is 1.39 bits per heavy atom. The van der Waals surface area contributed by atoms with Crippen LogP contribution in [0.15, 0.2) is 24.3 Å². The zero-order chi connectivity index (χ0) is 13.2. The van der Waals surface area contributed by atoms with E-state index in [1.165, 1.54) is 0 Å². The highest BCUT2D eigenvalue weighted by molar-refractivity contribution is 5.89. The van der Waals surface area contributed by atoms with E-state index in [9.17, 15) is 4.79 Å². The van der Waals surface area contributed by atoms with Gasteiger partial charge >= 0.3 is 6.03 Å². The fourth-order valence-corrected chi connectivity index (χ4v) is 1.46. The Hall–Kier alpha value is -1.59. The fraction of sp³-hybridized carbons (Fsp3) is 0.462. The Labute approximate surface area is 108 Å². The van der Waals surface area contributed by atoms with Gasteiger partial charge in [0.1, 0.15) is 0 Å². The van der Waals surface area contributed by atoms with Gasteiger partial charge in [0.05, 0.1) is 6.61 Å². The number of ether oxygens (including phenoxy) is 1. The zero-order valence-electron chi connectivity index (χ0n) is 10.7. The van der Waals surface area contributed by atoms with E-state index in [0.717, 1.165) is 17.7 Å². The number of carbonyl (C=O) groups excluding carboxylic acids is 1. The smallest absolute Gasteiger partial charge is 0.319 e. The molecule has 4 N–H and O–H groups in total. The first-order valence-corrected chi connectivity index (χ1v) is 6.11. The van der Waals surface area contributed by atoms with Crippen molar-refractivity contribution >= 4 is 11.7 Å². The third-order valence-corrected chi connectivity index (χ3v) is 2.29. The maximum atomic E-state index is 11.5. The van der Waals surface area contributed by atoms with Crippen molar-refractivity contribution in [2.75, 3.05) is 31.6 Å². The van der Waals surface area contributed by atoms with Crippen molar-refractivity contribution in [3.05, 3.63) is 29.8 Å². The van der Waals surface area contributed by atoms with Crippen molar-refractivity contribution in [3.63, 3.8) is 0 Å². The molecule has 0 spiro atoms. The molecule has 0 radical (unpaired) electrons. The second-order valence-corrected chi connectivity index (χ2v) is 4.00. The monoisotopic (exact) mass is 251 g/mol. The Kier molecular flexibility index (Phi) is 6.83. The summed E-state index contributed by atoms with van der Waals surface area (Å²) in [5.74, 6) is 0. The van der Waals surface area contributed by atoms with Crippen LogP contribution in [0.5, 0.6) is 0 Å². The van der Waals surface area contributed by atoms with Crippen LogP contribution in [0.3, 0.4) is 0 Å². The summed E-state index contributed by atoms with van der Waals surface area (Å²) in [5, 5.41) is 5.54. The van der Waals surface area contributed by atoms with Crippen LogP contribution in [-0.4, -0.2) is 32.3 Å². The van der Waals surface area contributed by atoms with Gasteiger partial charge in [0, 0.05) is 25.4 Å². The van der Waals surface area contributed by atoms with Crippen molar-refractivity contribution in [3.8, 4) is 0 Å². The van der Waals surface area contributed by atoms with Crippen molar-refractivity contribution in [1.29, 1.82) is 0 Å². The van der Waals surface area contributed by atoms with Crippen molar-refractivity contribution in [2.24, 2.45) is 5.73 Å². The van der Waals surface area contributed by atoms with Crippen LogP contribution in [0, 0.1) is 6.92 Å². The molecule has 2 amide bonds. The van der Waals surface area contributed by atoms with Crippen molar-refractivity contribution in [1.82, 2.24) is 5.32 Å². The molecule has 0 saturated heterocycles. The number of hydrogen-bond donors (Lipinski definition) is 3. The Morgan fingerprint density at radius 2 is 2.22 bits per heavy atom. The average Bonchev–Trinajstić information content (AvgIpc) is 2.33. The molecule has 5 heteroatoms. The number of benzene rings is 1. The van der Waals surface area contributed by atoms with Gasteiger partial charge in [0.2, 0.25) is 0 Å². The van der Waals surface area contributed by atoms with E-state index in [2.05, 4.69) is 10.6 Å². The van der Waals surface area contributed by atoms with Crippen LogP contribution in [0.1, 0.15) is 12.0 Å². The molecule has 0 unspecified atom stereocenters. The predicted molar refractivity (Wildman–Crippen MR) is 72.7 cm³/mol. The number of urea groups is 1. The van der Waals surface area contributed by atoms with Gasteiger partial charge in [0.25, 0.3) is 0 Å². The average molecular weight is 251 g/mol. The van der Waals surface area contributed by atoms with E-state index in [4.69, 9.17) is 10.5 Å². The van der Waals surface area contributed by atoms with Crippen molar-refractivity contribution < 1.29 is 9.53 Å². The highest BCUT2D eigenvalue weighted by atomic mass is 16.5. The molecular formula is C13H21N3O2. The fourth-order valence-electron chi connectivity index (χ4n) is 1.46. The summed E-state index contributed by atoms with van der Waals surface area (Å²) in [7, 11) is 0. The number of rotatable bonds is 7. The van der Waals surface area contributed by atoms with Gasteiger partial charge < -0.3 is 21.1 Å². The molecule has 1 rings (SSSR count). The summed E-state index contributed by atoms with van der Waals surface area (Å²) in [6, 6.07) is 7.48. The number of anilines is 1. The van der Waals surface area contributed by atoms with Crippen LogP contribution < -0.4 is 16.4 Å². The second-order valence-electron chi connectivity index (χ2n) is 4.00. The lowest BCUT2D eigenvalue weighted by Gasteiger charge is -2.08. The molecule has 0 fully saturated rings. The number of carbonyl (C=O) groups is 1. The first-order chi connectivity index (χ1) is 8.72. The summed E-state index contributed by atoms with van der Waals surface area (Å²) >= 11 is 0. The molecule has 0 aliphatic rings. The minimum Gasteiger partial charge on any atom is -0.380 e. The summed E-state index contributed by atoms with van der Waals surface area (Å²) in [6.07, 6.45) is 0.779. The summed E-state index contributed by atoms with van der Waals surface area (Å²) in [6.45, 7) is 4.28. The standard InChI is InChI=1S/C13H21N3O2/c1-11-4-2-5-12(10-11)16-13(17)15-7-3-8-18-9-6-14/h2,4-5,10H,3,6-9,14H2,1H3,(H2,15,16,17). The van der Waals surface area contributed by atoms with E-state index in [1.54, 1.807) is 0 Å². The van der Waals surface area contributed by atoms with Gasteiger partial charge in [-0.15, -0.1) is 0 Å². The Bertz CT molecular complexity index is 369.